The van der Waals surface area contributed by atoms with Crippen molar-refractivity contribution in [3.8, 4) is 0 Å². The van der Waals surface area contributed by atoms with Gasteiger partial charge in [0.2, 0.25) is 0 Å². The molecule has 3 nitrogen and oxygen atoms in total. The van der Waals surface area contributed by atoms with E-state index in [2.05, 4.69) is 9.97 Å². The summed E-state index contributed by atoms with van der Waals surface area (Å²) >= 11 is 0. The summed E-state index contributed by atoms with van der Waals surface area (Å²) in [5.41, 5.74) is 5.42. The van der Waals surface area contributed by atoms with E-state index in [9.17, 15) is 13.2 Å². The first-order valence-electron chi connectivity index (χ1n) is 4.66. The van der Waals surface area contributed by atoms with Crippen LogP contribution in [0.3, 0.4) is 0 Å². The number of imidazole rings is 1. The lowest BCUT2D eigenvalue weighted by molar-refractivity contribution is -0.147. The highest BCUT2D eigenvalue weighted by Crippen LogP contribution is 2.21. The molecule has 0 fully saturated rings. The van der Waals surface area contributed by atoms with E-state index in [1.807, 2.05) is 13.8 Å². The average molecular weight is 221 g/mol. The minimum Gasteiger partial charge on any atom is -0.346 e. The van der Waals surface area contributed by atoms with Gasteiger partial charge in [-0.3, -0.25) is 0 Å². The van der Waals surface area contributed by atoms with E-state index in [4.69, 9.17) is 5.73 Å². The molecule has 1 rings (SSSR count). The third kappa shape index (κ3) is 3.23. The van der Waals surface area contributed by atoms with Gasteiger partial charge in [0.15, 0.2) is 0 Å². The quantitative estimate of drug-likeness (QED) is 0.819. The molecule has 0 aliphatic carbocycles. The lowest BCUT2D eigenvalue weighted by Gasteiger charge is -2.14. The van der Waals surface area contributed by atoms with Gasteiger partial charge < -0.3 is 10.7 Å². The number of hydrogen-bond acceptors (Lipinski definition) is 2. The van der Waals surface area contributed by atoms with Crippen molar-refractivity contribution >= 4 is 0 Å². The molecule has 1 aromatic rings. The standard InChI is InChI=1S/C9H14F3N3/c1-5(2)8-14-4-6(15-8)3-7(13)9(10,11)12/h4-5,7H,3,13H2,1-2H3,(H,14,15). The Bertz CT molecular complexity index is 317. The topological polar surface area (TPSA) is 54.7 Å². The van der Waals surface area contributed by atoms with Gasteiger partial charge in [-0.2, -0.15) is 13.2 Å². The zero-order valence-corrected chi connectivity index (χ0v) is 8.60. The van der Waals surface area contributed by atoms with Gasteiger partial charge in [0, 0.05) is 24.2 Å². The van der Waals surface area contributed by atoms with Gasteiger partial charge in [0.1, 0.15) is 11.9 Å². The fraction of sp³-hybridized carbons (Fsp3) is 0.667. The van der Waals surface area contributed by atoms with Crippen molar-refractivity contribution in [2.24, 2.45) is 5.73 Å². The van der Waals surface area contributed by atoms with Gasteiger partial charge >= 0.3 is 6.18 Å². The van der Waals surface area contributed by atoms with Crippen LogP contribution in [0.4, 0.5) is 13.2 Å². The Labute approximate surface area is 85.9 Å². The van der Waals surface area contributed by atoms with Gasteiger partial charge in [-0.1, -0.05) is 13.8 Å². The zero-order chi connectivity index (χ0) is 11.6. The molecule has 0 saturated heterocycles. The highest BCUT2D eigenvalue weighted by atomic mass is 19.4. The summed E-state index contributed by atoms with van der Waals surface area (Å²) in [5, 5.41) is 0. The number of halogens is 3. The van der Waals surface area contributed by atoms with Gasteiger partial charge in [0.25, 0.3) is 0 Å². The normalized spacial score (nSPS) is 14.6. The Morgan fingerprint density at radius 2 is 2.07 bits per heavy atom. The predicted molar refractivity (Wildman–Crippen MR) is 50.4 cm³/mol. The van der Waals surface area contributed by atoms with E-state index < -0.39 is 12.2 Å². The van der Waals surface area contributed by atoms with Crippen molar-refractivity contribution in [3.05, 3.63) is 17.7 Å². The third-order valence-corrected chi connectivity index (χ3v) is 2.06. The molecule has 0 spiro atoms. The van der Waals surface area contributed by atoms with Gasteiger partial charge in [-0.25, -0.2) is 4.98 Å². The predicted octanol–water partition coefficient (Wildman–Crippen LogP) is 1.97. The molecule has 0 amide bonds. The largest absolute Gasteiger partial charge is 0.404 e. The lowest BCUT2D eigenvalue weighted by Crippen LogP contribution is -2.39. The van der Waals surface area contributed by atoms with E-state index in [-0.39, 0.29) is 12.3 Å². The van der Waals surface area contributed by atoms with Crippen LogP contribution in [0, 0.1) is 0 Å². The molecule has 0 saturated carbocycles. The fourth-order valence-corrected chi connectivity index (χ4v) is 1.13. The molecular formula is C9H14F3N3. The molecule has 0 aliphatic rings. The lowest BCUT2D eigenvalue weighted by atomic mass is 10.2. The molecule has 0 bridgehead atoms. The average Bonchev–Trinajstić information content (AvgIpc) is 2.50. The number of nitrogens with one attached hydrogen (secondary N) is 1. The SMILES string of the molecule is CC(C)c1ncc(CC(N)C(F)(F)F)[nH]1. The summed E-state index contributed by atoms with van der Waals surface area (Å²) in [7, 11) is 0. The maximum absolute atomic E-state index is 12.1. The molecule has 0 radical (unpaired) electrons. The molecule has 15 heavy (non-hydrogen) atoms. The van der Waals surface area contributed by atoms with Gasteiger partial charge in [-0.05, 0) is 0 Å². The number of nitrogens with zero attached hydrogens (tertiary/aromatic N) is 1. The molecule has 1 aromatic heterocycles. The smallest absolute Gasteiger partial charge is 0.346 e. The summed E-state index contributed by atoms with van der Waals surface area (Å²) in [6.45, 7) is 3.82. The van der Waals surface area contributed by atoms with Crippen molar-refractivity contribution in [1.29, 1.82) is 0 Å². The minimum absolute atomic E-state index is 0.167. The highest BCUT2D eigenvalue weighted by molar-refractivity contribution is 5.06. The monoisotopic (exact) mass is 221 g/mol. The van der Waals surface area contributed by atoms with Crippen LogP contribution in [0.15, 0.2) is 6.20 Å². The number of alkyl halides is 3. The van der Waals surface area contributed by atoms with Crippen LogP contribution in [0.1, 0.15) is 31.3 Å². The Morgan fingerprint density at radius 3 is 2.47 bits per heavy atom. The number of aromatic amines is 1. The van der Waals surface area contributed by atoms with Crippen molar-refractivity contribution in [2.45, 2.75) is 38.4 Å². The molecule has 86 valence electrons. The first-order chi connectivity index (χ1) is 6.80. The van der Waals surface area contributed by atoms with Crippen LogP contribution < -0.4 is 5.73 Å². The third-order valence-electron chi connectivity index (χ3n) is 2.06. The second-order valence-corrected chi connectivity index (χ2v) is 3.80. The summed E-state index contributed by atoms with van der Waals surface area (Å²) in [6.07, 6.45) is -3.22. The van der Waals surface area contributed by atoms with Crippen LogP contribution in [0.2, 0.25) is 0 Å². The van der Waals surface area contributed by atoms with Crippen molar-refractivity contribution in [3.63, 3.8) is 0 Å². The molecule has 1 unspecified atom stereocenters. The first kappa shape index (κ1) is 12.0. The van der Waals surface area contributed by atoms with Crippen LogP contribution >= 0.6 is 0 Å². The minimum atomic E-state index is -4.36. The highest BCUT2D eigenvalue weighted by Gasteiger charge is 2.36. The van der Waals surface area contributed by atoms with E-state index in [1.54, 1.807) is 0 Å². The second-order valence-electron chi connectivity index (χ2n) is 3.80. The van der Waals surface area contributed by atoms with Crippen LogP contribution in [0.25, 0.3) is 0 Å². The van der Waals surface area contributed by atoms with Gasteiger partial charge in [0.05, 0.1) is 0 Å². The van der Waals surface area contributed by atoms with Gasteiger partial charge in [-0.15, -0.1) is 0 Å². The Kier molecular flexibility index (Phi) is 3.38. The molecule has 0 aromatic carbocycles. The summed E-state index contributed by atoms with van der Waals surface area (Å²) in [6, 6.07) is -1.84. The second kappa shape index (κ2) is 4.22. The summed E-state index contributed by atoms with van der Waals surface area (Å²) < 4.78 is 36.4. The number of nitrogens with two attached hydrogens (primary N) is 1. The maximum atomic E-state index is 12.1. The molecule has 0 aliphatic heterocycles. The van der Waals surface area contributed by atoms with Crippen LogP contribution in [0.5, 0.6) is 0 Å². The zero-order valence-electron chi connectivity index (χ0n) is 8.60. The van der Waals surface area contributed by atoms with Crippen LogP contribution in [-0.4, -0.2) is 22.2 Å². The first-order valence-corrected chi connectivity index (χ1v) is 4.66. The Balaban J connectivity index is 2.65. The van der Waals surface area contributed by atoms with Crippen molar-refractivity contribution in [1.82, 2.24) is 9.97 Å². The molecular weight excluding hydrogens is 207 g/mol. The maximum Gasteiger partial charge on any atom is 0.404 e. The van der Waals surface area contributed by atoms with Crippen molar-refractivity contribution < 1.29 is 13.2 Å². The number of rotatable bonds is 3. The Hall–Kier alpha value is -1.04. The van der Waals surface area contributed by atoms with E-state index in [0.717, 1.165) is 0 Å². The number of H-pyrrole nitrogens is 1. The molecule has 6 heteroatoms. The number of aromatic nitrogens is 2. The Morgan fingerprint density at radius 1 is 1.47 bits per heavy atom. The molecule has 3 N–H and O–H groups in total. The molecule has 1 heterocycles. The summed E-state index contributed by atoms with van der Waals surface area (Å²) in [4.78, 5) is 6.80. The van der Waals surface area contributed by atoms with E-state index >= 15 is 0 Å². The van der Waals surface area contributed by atoms with E-state index in [1.165, 1.54) is 6.20 Å². The fourth-order valence-electron chi connectivity index (χ4n) is 1.13. The summed E-state index contributed by atoms with van der Waals surface area (Å²) in [5.74, 6) is 0.847. The molecule has 1 atom stereocenters. The van der Waals surface area contributed by atoms with Crippen molar-refractivity contribution in [2.75, 3.05) is 0 Å². The van der Waals surface area contributed by atoms with Crippen LogP contribution in [-0.2, 0) is 6.42 Å². The van der Waals surface area contributed by atoms with E-state index in [0.29, 0.717) is 11.5 Å². The number of hydrogen-bond donors (Lipinski definition) is 2.